The van der Waals surface area contributed by atoms with E-state index in [1.165, 1.54) is 17.0 Å². The summed E-state index contributed by atoms with van der Waals surface area (Å²) in [5.41, 5.74) is 2.38. The van der Waals surface area contributed by atoms with Crippen LogP contribution in [-0.2, 0) is 19.1 Å². The minimum atomic E-state index is -0.394. The van der Waals surface area contributed by atoms with Gasteiger partial charge < -0.3 is 19.1 Å². The predicted molar refractivity (Wildman–Crippen MR) is 126 cm³/mol. The summed E-state index contributed by atoms with van der Waals surface area (Å²) in [6, 6.07) is 14.5. The Morgan fingerprint density at radius 3 is 2.61 bits per heavy atom. The third kappa shape index (κ3) is 6.10. The van der Waals surface area contributed by atoms with Crippen LogP contribution in [0.3, 0.4) is 0 Å². The Balaban J connectivity index is 1.92. The molecule has 0 aromatic heterocycles. The number of carbonyl (C=O) groups excluding carboxylic acids is 2. The summed E-state index contributed by atoms with van der Waals surface area (Å²) in [5, 5.41) is 6.63. The Kier molecular flexibility index (Phi) is 8.82. The summed E-state index contributed by atoms with van der Waals surface area (Å²) >= 11 is 6.48. The van der Waals surface area contributed by atoms with Gasteiger partial charge in [0.15, 0.2) is 0 Å². The molecule has 1 heterocycles. The highest BCUT2D eigenvalue weighted by molar-refractivity contribution is 6.31. The van der Waals surface area contributed by atoms with Crippen molar-refractivity contribution in [1.82, 2.24) is 9.91 Å². The van der Waals surface area contributed by atoms with Crippen molar-refractivity contribution in [2.75, 3.05) is 47.6 Å². The van der Waals surface area contributed by atoms with E-state index in [9.17, 15) is 9.59 Å². The van der Waals surface area contributed by atoms with Crippen LogP contribution in [0.4, 0.5) is 0 Å². The lowest BCUT2D eigenvalue weighted by atomic mass is 9.98. The van der Waals surface area contributed by atoms with Crippen LogP contribution in [0.2, 0.25) is 5.02 Å². The van der Waals surface area contributed by atoms with Crippen molar-refractivity contribution >= 4 is 29.1 Å². The van der Waals surface area contributed by atoms with Gasteiger partial charge in [-0.3, -0.25) is 9.59 Å². The second-order valence-corrected chi connectivity index (χ2v) is 7.91. The molecule has 0 bridgehead atoms. The highest BCUT2D eigenvalue weighted by Crippen LogP contribution is 2.36. The molecular weight excluding hydrogens is 446 g/mol. The lowest BCUT2D eigenvalue weighted by Gasteiger charge is -2.27. The van der Waals surface area contributed by atoms with Crippen LogP contribution >= 0.6 is 11.6 Å². The fourth-order valence-corrected chi connectivity index (χ4v) is 3.91. The van der Waals surface area contributed by atoms with Crippen molar-refractivity contribution in [2.45, 2.75) is 12.5 Å². The van der Waals surface area contributed by atoms with Gasteiger partial charge >= 0.3 is 0 Å². The topological polar surface area (TPSA) is 80.7 Å². The van der Waals surface area contributed by atoms with Gasteiger partial charge in [0, 0.05) is 37.8 Å². The number of benzene rings is 2. The lowest BCUT2D eigenvalue weighted by molar-refractivity contribution is -0.144. The molecule has 0 radical (unpaired) electrons. The number of nitrogens with zero attached hydrogens (tertiary/aromatic N) is 3. The smallest absolute Gasteiger partial charge is 0.262 e. The maximum atomic E-state index is 13.4. The number of ether oxygens (including phenoxy) is 3. The summed E-state index contributed by atoms with van der Waals surface area (Å²) in [7, 11) is 4.58. The van der Waals surface area contributed by atoms with E-state index in [0.29, 0.717) is 23.8 Å². The molecule has 8 nitrogen and oxygen atoms in total. The standard InChI is InChI=1S/C24H28ClN3O5/c1-31-12-11-27(24(30)16-32-2)15-23(29)28-22(19-9-4-5-10-20(19)25)14-21(26-28)17-7-6-8-18(13-17)33-3/h4-10,13,22H,11-12,14-16H2,1-3H3/t22-/m0/s1. The summed E-state index contributed by atoms with van der Waals surface area (Å²) in [6.45, 7) is 0.293. The van der Waals surface area contributed by atoms with Crippen LogP contribution in [-0.4, -0.2) is 75.1 Å². The number of halogens is 1. The molecule has 1 aliphatic heterocycles. The second kappa shape index (κ2) is 11.8. The average Bonchev–Trinajstić information content (AvgIpc) is 3.27. The zero-order chi connectivity index (χ0) is 23.8. The van der Waals surface area contributed by atoms with Crippen molar-refractivity contribution < 1.29 is 23.8 Å². The van der Waals surface area contributed by atoms with E-state index in [-0.39, 0.29) is 31.5 Å². The molecule has 0 aliphatic carbocycles. The highest BCUT2D eigenvalue weighted by Gasteiger charge is 2.35. The summed E-state index contributed by atoms with van der Waals surface area (Å²) < 4.78 is 15.4. The third-order valence-corrected chi connectivity index (χ3v) is 5.69. The van der Waals surface area contributed by atoms with Gasteiger partial charge in [0.2, 0.25) is 5.91 Å². The van der Waals surface area contributed by atoms with Crippen molar-refractivity contribution in [2.24, 2.45) is 5.10 Å². The first-order valence-corrected chi connectivity index (χ1v) is 10.9. The maximum Gasteiger partial charge on any atom is 0.262 e. The van der Waals surface area contributed by atoms with Crippen LogP contribution in [0.25, 0.3) is 0 Å². The van der Waals surface area contributed by atoms with Gasteiger partial charge in [-0.1, -0.05) is 41.9 Å². The Morgan fingerprint density at radius 1 is 1.12 bits per heavy atom. The molecule has 0 fully saturated rings. The van der Waals surface area contributed by atoms with Gasteiger partial charge in [-0.2, -0.15) is 5.10 Å². The van der Waals surface area contributed by atoms with E-state index in [1.54, 1.807) is 20.3 Å². The van der Waals surface area contributed by atoms with Crippen LogP contribution < -0.4 is 4.74 Å². The molecule has 176 valence electrons. The molecule has 0 saturated heterocycles. The van der Waals surface area contributed by atoms with Crippen molar-refractivity contribution in [3.63, 3.8) is 0 Å². The van der Waals surface area contributed by atoms with E-state index in [1.807, 2.05) is 42.5 Å². The molecule has 0 N–H and O–H groups in total. The Labute approximate surface area is 198 Å². The van der Waals surface area contributed by atoms with Gasteiger partial charge in [-0.05, 0) is 23.8 Å². The number of amides is 2. The summed E-state index contributed by atoms with van der Waals surface area (Å²) in [5.74, 6) is 0.0805. The molecular formula is C24H28ClN3O5. The first kappa shape index (κ1) is 24.7. The number of hydrazone groups is 1. The minimum Gasteiger partial charge on any atom is -0.497 e. The minimum absolute atomic E-state index is 0.122. The maximum absolute atomic E-state index is 13.4. The Morgan fingerprint density at radius 2 is 1.91 bits per heavy atom. The van der Waals surface area contributed by atoms with Crippen LogP contribution in [0, 0.1) is 0 Å². The largest absolute Gasteiger partial charge is 0.497 e. The Hall–Kier alpha value is -2.94. The van der Waals surface area contributed by atoms with Gasteiger partial charge in [0.05, 0.1) is 25.5 Å². The number of rotatable bonds is 10. The first-order chi connectivity index (χ1) is 16.0. The van der Waals surface area contributed by atoms with E-state index < -0.39 is 6.04 Å². The number of hydrogen-bond acceptors (Lipinski definition) is 6. The van der Waals surface area contributed by atoms with Crippen LogP contribution in [0.1, 0.15) is 23.6 Å². The quantitative estimate of drug-likeness (QED) is 0.529. The van der Waals surface area contributed by atoms with Gasteiger partial charge in [-0.25, -0.2) is 5.01 Å². The fraction of sp³-hybridized carbons (Fsp3) is 0.375. The van der Waals surface area contributed by atoms with E-state index in [4.69, 9.17) is 25.8 Å². The van der Waals surface area contributed by atoms with E-state index in [0.717, 1.165) is 16.8 Å². The summed E-state index contributed by atoms with van der Waals surface area (Å²) in [6.07, 6.45) is 0.479. The van der Waals surface area contributed by atoms with E-state index >= 15 is 0 Å². The normalized spacial score (nSPS) is 15.3. The fourth-order valence-electron chi connectivity index (χ4n) is 3.65. The molecule has 0 saturated carbocycles. The van der Waals surface area contributed by atoms with Crippen LogP contribution in [0.5, 0.6) is 5.75 Å². The molecule has 0 spiro atoms. The molecule has 0 unspecified atom stereocenters. The third-order valence-electron chi connectivity index (χ3n) is 5.35. The monoisotopic (exact) mass is 473 g/mol. The lowest BCUT2D eigenvalue weighted by Crippen LogP contribution is -2.44. The van der Waals surface area contributed by atoms with Crippen molar-refractivity contribution in [1.29, 1.82) is 0 Å². The van der Waals surface area contributed by atoms with Crippen molar-refractivity contribution in [3.8, 4) is 5.75 Å². The summed E-state index contributed by atoms with van der Waals surface area (Å²) in [4.78, 5) is 27.3. The zero-order valence-electron chi connectivity index (χ0n) is 19.0. The molecule has 2 aromatic carbocycles. The Bertz CT molecular complexity index is 1010. The predicted octanol–water partition coefficient (Wildman–Crippen LogP) is 3.15. The zero-order valence-corrected chi connectivity index (χ0v) is 19.7. The molecule has 1 aliphatic rings. The average molecular weight is 474 g/mol. The number of hydrogen-bond donors (Lipinski definition) is 0. The van der Waals surface area contributed by atoms with Crippen LogP contribution in [0.15, 0.2) is 53.6 Å². The molecule has 1 atom stereocenters. The molecule has 3 rings (SSSR count). The van der Waals surface area contributed by atoms with Gasteiger partial charge in [-0.15, -0.1) is 0 Å². The number of methoxy groups -OCH3 is 3. The SMILES string of the molecule is COCCN(CC(=O)N1N=C(c2cccc(OC)c2)C[C@H]1c1ccccc1Cl)C(=O)COC. The van der Waals surface area contributed by atoms with Gasteiger partial charge in [0.1, 0.15) is 18.9 Å². The van der Waals surface area contributed by atoms with Gasteiger partial charge in [0.25, 0.3) is 5.91 Å². The molecule has 9 heteroatoms. The molecule has 33 heavy (non-hydrogen) atoms. The van der Waals surface area contributed by atoms with E-state index in [2.05, 4.69) is 5.10 Å². The highest BCUT2D eigenvalue weighted by atomic mass is 35.5. The number of carbonyl (C=O) groups is 2. The van der Waals surface area contributed by atoms with Crippen molar-refractivity contribution in [3.05, 3.63) is 64.7 Å². The first-order valence-electron chi connectivity index (χ1n) is 10.5. The molecule has 2 amide bonds. The molecule has 2 aromatic rings. The second-order valence-electron chi connectivity index (χ2n) is 7.50.